The first-order chi connectivity index (χ1) is 11.4. The lowest BCUT2D eigenvalue weighted by atomic mass is 9.96. The van der Waals surface area contributed by atoms with Gasteiger partial charge < -0.3 is 14.8 Å². The number of fused-ring (bicyclic) bond motifs is 1. The van der Waals surface area contributed by atoms with Crippen LogP contribution < -0.4 is 5.32 Å². The number of hydrogen-bond acceptors (Lipinski definition) is 5. The minimum Gasteiger partial charge on any atom is -0.361 e. The molecule has 126 valence electrons. The van der Waals surface area contributed by atoms with Crippen molar-refractivity contribution in [2.45, 2.75) is 47.0 Å². The van der Waals surface area contributed by atoms with Crippen LogP contribution in [-0.2, 0) is 4.79 Å². The highest BCUT2D eigenvalue weighted by Crippen LogP contribution is 2.28. The number of rotatable bonds is 4. The summed E-state index contributed by atoms with van der Waals surface area (Å²) in [5.41, 5.74) is 4.61. The van der Waals surface area contributed by atoms with Crippen molar-refractivity contribution >= 4 is 22.8 Å². The van der Waals surface area contributed by atoms with Gasteiger partial charge in [0.2, 0.25) is 5.91 Å². The van der Waals surface area contributed by atoms with Crippen molar-refractivity contribution in [3.63, 3.8) is 0 Å². The van der Waals surface area contributed by atoms with Crippen molar-refractivity contribution < 1.29 is 9.32 Å². The third-order valence-electron chi connectivity index (χ3n) is 4.42. The molecule has 24 heavy (non-hydrogen) atoms. The Morgan fingerprint density at radius 3 is 2.71 bits per heavy atom. The summed E-state index contributed by atoms with van der Waals surface area (Å²) in [5, 5.41) is 7.72. The molecule has 0 unspecified atom stereocenters. The maximum atomic E-state index is 12.5. The van der Waals surface area contributed by atoms with Crippen LogP contribution in [0.2, 0.25) is 0 Å². The van der Waals surface area contributed by atoms with Gasteiger partial charge in [0.15, 0.2) is 0 Å². The summed E-state index contributed by atoms with van der Waals surface area (Å²) in [6.45, 7) is 9.71. The second-order valence-electron chi connectivity index (χ2n) is 6.21. The maximum Gasteiger partial charge on any atom is 0.226 e. The Hall–Kier alpha value is -2.70. The van der Waals surface area contributed by atoms with E-state index in [-0.39, 0.29) is 11.8 Å². The van der Waals surface area contributed by atoms with Crippen molar-refractivity contribution in [1.82, 2.24) is 20.1 Å². The number of anilines is 1. The highest BCUT2D eigenvalue weighted by Gasteiger charge is 2.20. The van der Waals surface area contributed by atoms with Gasteiger partial charge in [0.1, 0.15) is 23.6 Å². The van der Waals surface area contributed by atoms with Gasteiger partial charge in [0.05, 0.1) is 11.1 Å². The molecule has 3 heterocycles. The molecule has 0 saturated heterocycles. The first-order valence-corrected chi connectivity index (χ1v) is 7.91. The quantitative estimate of drug-likeness (QED) is 0.766. The first-order valence-electron chi connectivity index (χ1n) is 7.91. The van der Waals surface area contributed by atoms with E-state index in [2.05, 4.69) is 25.4 Å². The third kappa shape index (κ3) is 2.77. The Kier molecular flexibility index (Phi) is 4.09. The number of H-pyrrole nitrogens is 1. The molecule has 0 fully saturated rings. The molecule has 0 saturated carbocycles. The summed E-state index contributed by atoms with van der Waals surface area (Å²) < 4.78 is 5.19. The normalized spacial score (nSPS) is 12.5. The van der Waals surface area contributed by atoms with Gasteiger partial charge in [-0.2, -0.15) is 0 Å². The van der Waals surface area contributed by atoms with Gasteiger partial charge in [-0.3, -0.25) is 4.79 Å². The Morgan fingerprint density at radius 2 is 2.04 bits per heavy atom. The summed E-state index contributed by atoms with van der Waals surface area (Å²) in [6.07, 6.45) is 1.78. The topological polar surface area (TPSA) is 96.7 Å². The summed E-state index contributed by atoms with van der Waals surface area (Å²) in [5.74, 6) is 1.22. The second-order valence-corrected chi connectivity index (χ2v) is 6.21. The fourth-order valence-electron chi connectivity index (χ4n) is 3.15. The van der Waals surface area contributed by atoms with Gasteiger partial charge >= 0.3 is 0 Å². The zero-order chi connectivity index (χ0) is 17.4. The van der Waals surface area contributed by atoms with Gasteiger partial charge in [-0.25, -0.2) is 9.97 Å². The molecule has 3 aromatic heterocycles. The number of nitrogens with one attached hydrogen (secondary N) is 2. The van der Waals surface area contributed by atoms with Gasteiger partial charge in [-0.1, -0.05) is 12.1 Å². The molecular weight excluding hydrogens is 306 g/mol. The zero-order valence-electron chi connectivity index (χ0n) is 14.5. The van der Waals surface area contributed by atoms with Crippen LogP contribution in [0.4, 0.5) is 5.82 Å². The minimum atomic E-state index is -0.0965. The van der Waals surface area contributed by atoms with Crippen LogP contribution in [-0.4, -0.2) is 26.0 Å². The fraction of sp³-hybridized carbons (Fsp3) is 0.412. The number of amides is 1. The van der Waals surface area contributed by atoms with Crippen molar-refractivity contribution in [1.29, 1.82) is 0 Å². The monoisotopic (exact) mass is 327 g/mol. The number of nitrogens with zero attached hydrogens (tertiary/aromatic N) is 3. The minimum absolute atomic E-state index is 0.0163. The van der Waals surface area contributed by atoms with Gasteiger partial charge in [-0.15, -0.1) is 0 Å². The molecule has 1 atom stereocenters. The van der Waals surface area contributed by atoms with Crippen molar-refractivity contribution in [2.75, 3.05) is 5.32 Å². The lowest BCUT2D eigenvalue weighted by molar-refractivity contribution is -0.116. The molecule has 0 bridgehead atoms. The highest BCUT2D eigenvalue weighted by atomic mass is 16.5. The predicted octanol–water partition coefficient (Wildman–Crippen LogP) is 3.31. The molecule has 0 aliphatic rings. The average Bonchev–Trinajstić information content (AvgIpc) is 2.99. The molecule has 0 radical (unpaired) electrons. The van der Waals surface area contributed by atoms with Crippen LogP contribution in [0.25, 0.3) is 11.0 Å². The van der Waals surface area contributed by atoms with Crippen molar-refractivity contribution in [3.8, 4) is 0 Å². The second kappa shape index (κ2) is 6.07. The van der Waals surface area contributed by atoms with E-state index in [4.69, 9.17) is 4.52 Å². The van der Waals surface area contributed by atoms with E-state index < -0.39 is 0 Å². The van der Waals surface area contributed by atoms with Crippen molar-refractivity contribution in [3.05, 3.63) is 34.6 Å². The Balaban J connectivity index is 1.81. The molecule has 0 aliphatic carbocycles. The molecule has 3 aromatic rings. The number of hydrogen-bond donors (Lipinski definition) is 2. The number of aryl methyl sites for hydroxylation is 4. The van der Waals surface area contributed by atoms with Gasteiger partial charge in [-0.05, 0) is 39.2 Å². The SMILES string of the molecule is Cc1noc(C)c1[C@H](C)CC(=O)Nc1ncnc2[nH]c(C)c(C)c12. The number of aromatic amines is 1. The Labute approximate surface area is 139 Å². The van der Waals surface area contributed by atoms with Gasteiger partial charge in [0.25, 0.3) is 0 Å². The average molecular weight is 327 g/mol. The Bertz CT molecular complexity index is 890. The molecule has 0 aliphatic heterocycles. The molecule has 2 N–H and O–H groups in total. The fourth-order valence-corrected chi connectivity index (χ4v) is 3.15. The third-order valence-corrected chi connectivity index (χ3v) is 4.42. The molecule has 0 aromatic carbocycles. The molecule has 7 nitrogen and oxygen atoms in total. The first kappa shape index (κ1) is 16.2. The van der Waals surface area contributed by atoms with Crippen LogP contribution in [0.5, 0.6) is 0 Å². The van der Waals surface area contributed by atoms with E-state index in [9.17, 15) is 4.79 Å². The van der Waals surface area contributed by atoms with Crippen LogP contribution in [0, 0.1) is 27.7 Å². The van der Waals surface area contributed by atoms with Crippen LogP contribution in [0.1, 0.15) is 47.5 Å². The smallest absolute Gasteiger partial charge is 0.226 e. The maximum absolute atomic E-state index is 12.5. The lowest BCUT2D eigenvalue weighted by Gasteiger charge is -2.11. The van der Waals surface area contributed by atoms with E-state index in [1.54, 1.807) is 0 Å². The van der Waals surface area contributed by atoms with E-state index in [0.717, 1.165) is 39.3 Å². The predicted molar refractivity (Wildman–Crippen MR) is 91.0 cm³/mol. The van der Waals surface area contributed by atoms with Gasteiger partial charge in [0, 0.05) is 17.7 Å². The van der Waals surface area contributed by atoms with Crippen LogP contribution in [0.3, 0.4) is 0 Å². The number of carbonyl (C=O) groups excluding carboxylic acids is 1. The van der Waals surface area contributed by atoms with Crippen LogP contribution in [0.15, 0.2) is 10.9 Å². The molecule has 1 amide bonds. The molecular formula is C17H21N5O2. The number of carbonyl (C=O) groups is 1. The zero-order valence-corrected chi connectivity index (χ0v) is 14.5. The molecule has 7 heteroatoms. The molecule has 0 spiro atoms. The summed E-state index contributed by atoms with van der Waals surface area (Å²) in [4.78, 5) is 24.1. The van der Waals surface area contributed by atoms with E-state index in [1.165, 1.54) is 6.33 Å². The summed E-state index contributed by atoms with van der Waals surface area (Å²) in [6, 6.07) is 0. The Morgan fingerprint density at radius 1 is 1.29 bits per heavy atom. The van der Waals surface area contributed by atoms with Crippen LogP contribution >= 0.6 is 0 Å². The standard InChI is InChI=1S/C17H21N5O2/c1-8(14-11(4)22-24-12(14)5)6-13(23)21-17-15-9(2)10(3)20-16(15)18-7-19-17/h7-8H,6H2,1-5H3,(H2,18,19,20,21,23)/t8-/m1/s1. The lowest BCUT2D eigenvalue weighted by Crippen LogP contribution is -2.16. The number of aromatic nitrogens is 4. The largest absolute Gasteiger partial charge is 0.361 e. The summed E-state index contributed by atoms with van der Waals surface area (Å²) in [7, 11) is 0. The molecule has 3 rings (SSSR count). The van der Waals surface area contributed by atoms with E-state index in [0.29, 0.717) is 12.2 Å². The van der Waals surface area contributed by atoms with E-state index >= 15 is 0 Å². The van der Waals surface area contributed by atoms with Crippen molar-refractivity contribution in [2.24, 2.45) is 0 Å². The highest BCUT2D eigenvalue weighted by molar-refractivity contribution is 6.00. The van der Waals surface area contributed by atoms with E-state index in [1.807, 2.05) is 34.6 Å². The summed E-state index contributed by atoms with van der Waals surface area (Å²) >= 11 is 0.